The molecule has 0 radical (unpaired) electrons. The quantitative estimate of drug-likeness (QED) is 0.610. The Labute approximate surface area is 92.5 Å². The Balaban J connectivity index is 2.28. The van der Waals surface area contributed by atoms with Gasteiger partial charge in [0.25, 0.3) is 0 Å². The van der Waals surface area contributed by atoms with Crippen LogP contribution in [-0.4, -0.2) is 28.5 Å². The van der Waals surface area contributed by atoms with Crippen molar-refractivity contribution in [2.75, 3.05) is 6.54 Å². The van der Waals surface area contributed by atoms with Crippen LogP contribution in [0.4, 0.5) is 4.79 Å². The first-order chi connectivity index (χ1) is 7.58. The zero-order chi connectivity index (χ0) is 12.0. The van der Waals surface area contributed by atoms with Crippen molar-refractivity contribution in [2.24, 2.45) is 5.73 Å². The zero-order valence-electron chi connectivity index (χ0n) is 8.86. The summed E-state index contributed by atoms with van der Waals surface area (Å²) in [6, 6.07) is -0.859. The van der Waals surface area contributed by atoms with E-state index in [2.05, 4.69) is 15.3 Å². The first-order valence-corrected chi connectivity index (χ1v) is 4.65. The number of nitrogens with zero attached hydrogens (tertiary/aromatic N) is 2. The van der Waals surface area contributed by atoms with Crippen molar-refractivity contribution >= 4 is 11.9 Å². The fraction of sp³-hybridized carbons (Fsp3) is 0.333. The Morgan fingerprint density at radius 3 is 2.69 bits per heavy atom. The lowest BCUT2D eigenvalue weighted by Crippen LogP contribution is -2.40. The van der Waals surface area contributed by atoms with Crippen molar-refractivity contribution in [3.63, 3.8) is 0 Å². The number of amides is 3. The standard InChI is InChI=1S/C9H13N5O2/c1-6-2-13-7(4-12-6)3-11-5-8(15)14-9(10)16/h2,4,11H,3,5H2,1H3,(H3,10,14,15,16). The topological polar surface area (TPSA) is 110 Å². The van der Waals surface area contributed by atoms with E-state index in [4.69, 9.17) is 5.73 Å². The monoisotopic (exact) mass is 223 g/mol. The molecular formula is C9H13N5O2. The van der Waals surface area contributed by atoms with Crippen LogP contribution in [0.5, 0.6) is 0 Å². The number of nitrogens with two attached hydrogens (primary N) is 1. The minimum Gasteiger partial charge on any atom is -0.351 e. The SMILES string of the molecule is Cc1cnc(CNCC(=O)NC(N)=O)cn1. The molecule has 0 aliphatic heterocycles. The molecule has 3 amide bonds. The molecule has 1 rings (SSSR count). The van der Waals surface area contributed by atoms with Gasteiger partial charge in [0.05, 0.1) is 17.9 Å². The van der Waals surface area contributed by atoms with E-state index in [-0.39, 0.29) is 6.54 Å². The molecule has 4 N–H and O–H groups in total. The van der Waals surface area contributed by atoms with Crippen LogP contribution in [0.15, 0.2) is 12.4 Å². The van der Waals surface area contributed by atoms with Crippen LogP contribution in [0.1, 0.15) is 11.4 Å². The van der Waals surface area contributed by atoms with Crippen molar-refractivity contribution in [2.45, 2.75) is 13.5 Å². The molecule has 0 unspecified atom stereocenters. The lowest BCUT2D eigenvalue weighted by atomic mass is 10.4. The van der Waals surface area contributed by atoms with Crippen molar-refractivity contribution < 1.29 is 9.59 Å². The maximum Gasteiger partial charge on any atom is 0.318 e. The number of primary amides is 1. The van der Waals surface area contributed by atoms with Gasteiger partial charge in [-0.25, -0.2) is 4.79 Å². The smallest absolute Gasteiger partial charge is 0.318 e. The van der Waals surface area contributed by atoms with Gasteiger partial charge in [0.2, 0.25) is 5.91 Å². The van der Waals surface area contributed by atoms with Gasteiger partial charge in [-0.3, -0.25) is 20.1 Å². The molecule has 7 heteroatoms. The molecule has 0 bridgehead atoms. The van der Waals surface area contributed by atoms with Gasteiger partial charge in [-0.05, 0) is 6.92 Å². The largest absolute Gasteiger partial charge is 0.351 e. The molecule has 1 aromatic rings. The van der Waals surface area contributed by atoms with Gasteiger partial charge in [-0.2, -0.15) is 0 Å². The number of hydrogen-bond acceptors (Lipinski definition) is 5. The third-order valence-corrected chi connectivity index (χ3v) is 1.69. The molecule has 0 saturated carbocycles. The van der Waals surface area contributed by atoms with Crippen LogP contribution in [-0.2, 0) is 11.3 Å². The third kappa shape index (κ3) is 4.47. The predicted octanol–water partition coefficient (Wildman–Crippen LogP) is -0.930. The summed E-state index contributed by atoms with van der Waals surface area (Å²) >= 11 is 0. The van der Waals surface area contributed by atoms with E-state index in [0.29, 0.717) is 6.54 Å². The summed E-state index contributed by atoms with van der Waals surface area (Å²) in [5.41, 5.74) is 6.32. The maximum atomic E-state index is 11.0. The van der Waals surface area contributed by atoms with Gasteiger partial charge >= 0.3 is 6.03 Å². The molecule has 0 aromatic carbocycles. The molecule has 0 aliphatic carbocycles. The van der Waals surface area contributed by atoms with Crippen LogP contribution >= 0.6 is 0 Å². The Hall–Kier alpha value is -2.02. The second-order valence-corrected chi connectivity index (χ2v) is 3.17. The second-order valence-electron chi connectivity index (χ2n) is 3.17. The highest BCUT2D eigenvalue weighted by molar-refractivity contribution is 5.94. The highest BCUT2D eigenvalue weighted by atomic mass is 16.2. The Morgan fingerprint density at radius 1 is 1.38 bits per heavy atom. The molecular weight excluding hydrogens is 210 g/mol. The fourth-order valence-electron chi connectivity index (χ4n) is 0.996. The van der Waals surface area contributed by atoms with Gasteiger partial charge in [-0.15, -0.1) is 0 Å². The number of aryl methyl sites for hydroxylation is 1. The Kier molecular flexibility index (Phi) is 4.34. The molecule has 1 heterocycles. The highest BCUT2D eigenvalue weighted by Crippen LogP contribution is 1.92. The van der Waals surface area contributed by atoms with Gasteiger partial charge in [-0.1, -0.05) is 0 Å². The molecule has 0 saturated heterocycles. The fourth-order valence-corrected chi connectivity index (χ4v) is 0.996. The summed E-state index contributed by atoms with van der Waals surface area (Å²) < 4.78 is 0. The summed E-state index contributed by atoms with van der Waals surface area (Å²) in [7, 11) is 0. The van der Waals surface area contributed by atoms with Crippen LogP contribution in [0, 0.1) is 6.92 Å². The number of imide groups is 1. The molecule has 0 spiro atoms. The normalized spacial score (nSPS) is 9.81. The zero-order valence-corrected chi connectivity index (χ0v) is 8.86. The average Bonchev–Trinajstić information content (AvgIpc) is 2.20. The van der Waals surface area contributed by atoms with E-state index < -0.39 is 11.9 Å². The lowest BCUT2D eigenvalue weighted by Gasteiger charge is -2.03. The van der Waals surface area contributed by atoms with Gasteiger partial charge in [0.15, 0.2) is 0 Å². The Bertz CT molecular complexity index is 376. The number of nitrogens with one attached hydrogen (secondary N) is 2. The van der Waals surface area contributed by atoms with Crippen molar-refractivity contribution in [1.29, 1.82) is 0 Å². The van der Waals surface area contributed by atoms with Crippen LogP contribution in [0.2, 0.25) is 0 Å². The van der Waals surface area contributed by atoms with Gasteiger partial charge < -0.3 is 11.1 Å². The minimum absolute atomic E-state index is 0.00149. The van der Waals surface area contributed by atoms with Gasteiger partial charge in [0.1, 0.15) is 0 Å². The summed E-state index contributed by atoms with van der Waals surface area (Å²) in [5.74, 6) is -0.479. The van der Waals surface area contributed by atoms with Crippen LogP contribution in [0.25, 0.3) is 0 Å². The molecule has 7 nitrogen and oxygen atoms in total. The highest BCUT2D eigenvalue weighted by Gasteiger charge is 2.03. The van der Waals surface area contributed by atoms with E-state index >= 15 is 0 Å². The van der Waals surface area contributed by atoms with Gasteiger partial charge in [0, 0.05) is 18.9 Å². The molecule has 86 valence electrons. The minimum atomic E-state index is -0.859. The summed E-state index contributed by atoms with van der Waals surface area (Å²) in [5, 5.41) is 4.74. The van der Waals surface area contributed by atoms with Crippen molar-refractivity contribution in [3.05, 3.63) is 23.8 Å². The second kappa shape index (κ2) is 5.76. The maximum absolute atomic E-state index is 11.0. The predicted molar refractivity (Wildman–Crippen MR) is 56.2 cm³/mol. The van der Waals surface area contributed by atoms with Crippen molar-refractivity contribution in [3.8, 4) is 0 Å². The summed E-state index contributed by atoms with van der Waals surface area (Å²) in [6.45, 7) is 2.24. The van der Waals surface area contributed by atoms with Crippen LogP contribution in [0.3, 0.4) is 0 Å². The van der Waals surface area contributed by atoms with Crippen LogP contribution < -0.4 is 16.4 Å². The number of carbonyl (C=O) groups excluding carboxylic acids is 2. The first-order valence-electron chi connectivity index (χ1n) is 4.65. The molecule has 1 aromatic heterocycles. The number of hydrogen-bond donors (Lipinski definition) is 3. The molecule has 0 aliphatic rings. The Morgan fingerprint density at radius 2 is 2.12 bits per heavy atom. The average molecular weight is 223 g/mol. The van der Waals surface area contributed by atoms with E-state index in [9.17, 15) is 9.59 Å². The number of aromatic nitrogens is 2. The van der Waals surface area contributed by atoms with E-state index in [0.717, 1.165) is 11.4 Å². The first kappa shape index (κ1) is 12.1. The van der Waals surface area contributed by atoms with E-state index in [1.165, 1.54) is 0 Å². The molecule has 0 fully saturated rings. The summed E-state index contributed by atoms with van der Waals surface area (Å²) in [4.78, 5) is 29.4. The molecule has 16 heavy (non-hydrogen) atoms. The van der Waals surface area contributed by atoms with E-state index in [1.54, 1.807) is 12.4 Å². The lowest BCUT2D eigenvalue weighted by molar-refractivity contribution is -0.119. The third-order valence-electron chi connectivity index (χ3n) is 1.69. The number of urea groups is 1. The number of rotatable bonds is 4. The summed E-state index contributed by atoms with van der Waals surface area (Å²) in [6.07, 6.45) is 3.26. The number of carbonyl (C=O) groups is 2. The van der Waals surface area contributed by atoms with Crippen molar-refractivity contribution in [1.82, 2.24) is 20.6 Å². The molecule has 0 atom stereocenters. The van der Waals surface area contributed by atoms with E-state index in [1.807, 2.05) is 12.2 Å².